The Hall–Kier alpha value is -2.21. The molecule has 0 aliphatic heterocycles. The summed E-state index contributed by atoms with van der Waals surface area (Å²) in [4.78, 5) is 28.8. The molecule has 1 heterocycles. The number of benzene rings is 1. The van der Waals surface area contributed by atoms with Crippen molar-refractivity contribution in [2.75, 3.05) is 6.54 Å². The van der Waals surface area contributed by atoms with Gasteiger partial charge in [0.2, 0.25) is 5.91 Å². The van der Waals surface area contributed by atoms with Crippen molar-refractivity contribution in [2.24, 2.45) is 5.73 Å². The largest absolute Gasteiger partial charge is 0.349 e. The SMILES string of the molecule is NCC1(NC(=O)CCn2cnc3ccccc3c2=O)CCCC1. The highest BCUT2D eigenvalue weighted by atomic mass is 16.2. The molecule has 1 aromatic heterocycles. The number of nitrogens with two attached hydrogens (primary N) is 1. The molecule has 1 aliphatic rings. The summed E-state index contributed by atoms with van der Waals surface area (Å²) < 4.78 is 1.49. The van der Waals surface area contributed by atoms with E-state index in [1.54, 1.807) is 12.1 Å². The lowest BCUT2D eigenvalue weighted by Crippen LogP contribution is -2.51. The van der Waals surface area contributed by atoms with E-state index in [9.17, 15) is 9.59 Å². The minimum absolute atomic E-state index is 0.0580. The van der Waals surface area contributed by atoms with Crippen LogP contribution in [0.15, 0.2) is 35.4 Å². The number of para-hydroxylation sites is 1. The van der Waals surface area contributed by atoms with Gasteiger partial charge in [0.05, 0.1) is 22.8 Å². The molecule has 122 valence electrons. The molecule has 1 saturated carbocycles. The lowest BCUT2D eigenvalue weighted by molar-refractivity contribution is -0.123. The lowest BCUT2D eigenvalue weighted by Gasteiger charge is -2.28. The first-order valence-electron chi connectivity index (χ1n) is 8.09. The quantitative estimate of drug-likeness (QED) is 0.867. The number of nitrogens with zero attached hydrogens (tertiary/aromatic N) is 2. The minimum atomic E-state index is -0.246. The first kappa shape index (κ1) is 15.7. The van der Waals surface area contributed by atoms with Gasteiger partial charge in [-0.25, -0.2) is 4.98 Å². The smallest absolute Gasteiger partial charge is 0.261 e. The van der Waals surface area contributed by atoms with Crippen molar-refractivity contribution in [3.8, 4) is 0 Å². The number of fused-ring (bicyclic) bond motifs is 1. The number of hydrogen-bond donors (Lipinski definition) is 2. The average Bonchev–Trinajstić information content (AvgIpc) is 3.03. The molecule has 3 N–H and O–H groups in total. The predicted molar refractivity (Wildman–Crippen MR) is 89.0 cm³/mol. The number of amides is 1. The zero-order chi connectivity index (χ0) is 16.3. The van der Waals surface area contributed by atoms with Gasteiger partial charge in [-0.15, -0.1) is 0 Å². The number of nitrogens with one attached hydrogen (secondary N) is 1. The van der Waals surface area contributed by atoms with Gasteiger partial charge < -0.3 is 11.1 Å². The van der Waals surface area contributed by atoms with E-state index in [0.717, 1.165) is 25.7 Å². The third-order valence-electron chi connectivity index (χ3n) is 4.67. The summed E-state index contributed by atoms with van der Waals surface area (Å²) in [6, 6.07) is 7.22. The molecular weight excluding hydrogens is 292 g/mol. The fourth-order valence-electron chi connectivity index (χ4n) is 3.28. The summed E-state index contributed by atoms with van der Waals surface area (Å²) >= 11 is 0. The number of rotatable bonds is 5. The molecule has 0 unspecified atom stereocenters. The van der Waals surface area contributed by atoms with Crippen LogP contribution in [0, 0.1) is 0 Å². The number of aryl methyl sites for hydroxylation is 1. The van der Waals surface area contributed by atoms with Gasteiger partial charge in [-0.05, 0) is 25.0 Å². The summed E-state index contributed by atoms with van der Waals surface area (Å²) in [5.74, 6) is -0.0580. The molecular formula is C17H22N4O2. The number of hydrogen-bond acceptors (Lipinski definition) is 4. The second-order valence-corrected chi connectivity index (χ2v) is 6.25. The normalized spacial score (nSPS) is 16.6. The molecule has 23 heavy (non-hydrogen) atoms. The Labute approximate surface area is 134 Å². The second-order valence-electron chi connectivity index (χ2n) is 6.25. The highest BCUT2D eigenvalue weighted by Crippen LogP contribution is 2.28. The monoisotopic (exact) mass is 314 g/mol. The van der Waals surface area contributed by atoms with Crippen molar-refractivity contribution in [1.29, 1.82) is 0 Å². The highest BCUT2D eigenvalue weighted by Gasteiger charge is 2.33. The molecule has 0 spiro atoms. The average molecular weight is 314 g/mol. The zero-order valence-electron chi connectivity index (χ0n) is 13.1. The van der Waals surface area contributed by atoms with E-state index < -0.39 is 0 Å². The van der Waals surface area contributed by atoms with Crippen LogP contribution in [0.1, 0.15) is 32.1 Å². The van der Waals surface area contributed by atoms with E-state index in [2.05, 4.69) is 10.3 Å². The standard InChI is InChI=1S/C17H22N4O2/c18-11-17(8-3-4-9-17)20-15(22)7-10-21-12-19-14-6-2-1-5-13(14)16(21)23/h1-2,5-6,12H,3-4,7-11,18H2,(H,20,22). The Bertz CT molecular complexity index is 763. The summed E-state index contributed by atoms with van der Waals surface area (Å²) in [7, 11) is 0. The van der Waals surface area contributed by atoms with Gasteiger partial charge in [-0.3, -0.25) is 14.2 Å². The van der Waals surface area contributed by atoms with Crippen molar-refractivity contribution < 1.29 is 4.79 Å². The number of carbonyl (C=O) groups excluding carboxylic acids is 1. The Morgan fingerprint density at radius 3 is 2.78 bits per heavy atom. The van der Waals surface area contributed by atoms with Crippen molar-refractivity contribution >= 4 is 16.8 Å². The van der Waals surface area contributed by atoms with Crippen molar-refractivity contribution in [1.82, 2.24) is 14.9 Å². The summed E-state index contributed by atoms with van der Waals surface area (Å²) in [6.45, 7) is 0.791. The van der Waals surface area contributed by atoms with Gasteiger partial charge >= 0.3 is 0 Å². The van der Waals surface area contributed by atoms with E-state index in [1.807, 2.05) is 12.1 Å². The van der Waals surface area contributed by atoms with Crippen LogP contribution in [-0.4, -0.2) is 27.5 Å². The number of carbonyl (C=O) groups is 1. The van der Waals surface area contributed by atoms with Gasteiger partial charge in [0.25, 0.3) is 5.56 Å². The molecule has 2 aromatic rings. The van der Waals surface area contributed by atoms with E-state index in [4.69, 9.17) is 5.73 Å². The van der Waals surface area contributed by atoms with E-state index in [1.165, 1.54) is 10.9 Å². The first-order chi connectivity index (χ1) is 11.1. The third kappa shape index (κ3) is 3.27. The van der Waals surface area contributed by atoms with Crippen LogP contribution in [0.2, 0.25) is 0 Å². The molecule has 6 nitrogen and oxygen atoms in total. The van der Waals surface area contributed by atoms with Gasteiger partial charge in [-0.2, -0.15) is 0 Å². The molecule has 0 bridgehead atoms. The maximum atomic E-state index is 12.4. The van der Waals surface area contributed by atoms with Gasteiger partial charge in [0.1, 0.15) is 0 Å². The lowest BCUT2D eigenvalue weighted by atomic mass is 9.97. The van der Waals surface area contributed by atoms with E-state index >= 15 is 0 Å². The molecule has 0 radical (unpaired) electrons. The van der Waals surface area contributed by atoms with Gasteiger partial charge in [-0.1, -0.05) is 25.0 Å². The second kappa shape index (κ2) is 6.50. The van der Waals surface area contributed by atoms with Crippen LogP contribution in [0.4, 0.5) is 0 Å². The molecule has 1 amide bonds. The maximum Gasteiger partial charge on any atom is 0.261 e. The molecule has 1 aromatic carbocycles. The Balaban J connectivity index is 1.67. The molecule has 1 fully saturated rings. The van der Waals surface area contributed by atoms with Crippen LogP contribution in [0.5, 0.6) is 0 Å². The maximum absolute atomic E-state index is 12.4. The van der Waals surface area contributed by atoms with Gasteiger partial charge in [0.15, 0.2) is 0 Å². The van der Waals surface area contributed by atoms with Crippen LogP contribution in [0.25, 0.3) is 10.9 Å². The molecule has 6 heteroatoms. The molecule has 3 rings (SSSR count). The molecule has 0 atom stereocenters. The zero-order valence-corrected chi connectivity index (χ0v) is 13.1. The summed E-state index contributed by atoms with van der Waals surface area (Å²) in [5.41, 5.74) is 6.14. The number of aromatic nitrogens is 2. The van der Waals surface area contributed by atoms with Crippen LogP contribution in [-0.2, 0) is 11.3 Å². The summed E-state index contributed by atoms with van der Waals surface area (Å²) in [6.07, 6.45) is 5.84. The first-order valence-corrected chi connectivity index (χ1v) is 8.09. The Morgan fingerprint density at radius 2 is 2.04 bits per heavy atom. The van der Waals surface area contributed by atoms with Gasteiger partial charge in [0, 0.05) is 19.5 Å². The van der Waals surface area contributed by atoms with Crippen molar-refractivity contribution in [3.05, 3.63) is 40.9 Å². The topological polar surface area (TPSA) is 90.0 Å². The van der Waals surface area contributed by atoms with Crippen molar-refractivity contribution in [3.63, 3.8) is 0 Å². The minimum Gasteiger partial charge on any atom is -0.349 e. The van der Waals surface area contributed by atoms with E-state index in [-0.39, 0.29) is 23.4 Å². The predicted octanol–water partition coefficient (Wildman–Crippen LogP) is 1.17. The van der Waals surface area contributed by atoms with E-state index in [0.29, 0.717) is 24.0 Å². The fourth-order valence-corrected chi connectivity index (χ4v) is 3.28. The highest BCUT2D eigenvalue weighted by molar-refractivity contribution is 5.78. The Kier molecular flexibility index (Phi) is 4.43. The summed E-state index contributed by atoms with van der Waals surface area (Å²) in [5, 5.41) is 3.64. The van der Waals surface area contributed by atoms with Crippen molar-refractivity contribution in [2.45, 2.75) is 44.2 Å². The molecule has 1 aliphatic carbocycles. The van der Waals surface area contributed by atoms with Crippen LogP contribution in [0.3, 0.4) is 0 Å². The fraction of sp³-hybridized carbons (Fsp3) is 0.471. The Morgan fingerprint density at radius 1 is 1.30 bits per heavy atom. The van der Waals surface area contributed by atoms with Crippen LogP contribution >= 0.6 is 0 Å². The molecule has 0 saturated heterocycles. The third-order valence-corrected chi connectivity index (χ3v) is 4.67. The van der Waals surface area contributed by atoms with Crippen LogP contribution < -0.4 is 16.6 Å².